The molecule has 0 spiro atoms. The van der Waals surface area contributed by atoms with Crippen molar-refractivity contribution < 1.29 is 17.0 Å². The van der Waals surface area contributed by atoms with Crippen LogP contribution in [0.1, 0.15) is 11.1 Å². The van der Waals surface area contributed by atoms with Gasteiger partial charge >= 0.3 is 15.9 Å². The number of nitrogens with one attached hydrogen (secondary N) is 1. The number of hydrogen-bond donors (Lipinski definition) is 1. The molecule has 6 nitrogen and oxygen atoms in total. The normalized spacial score (nSPS) is 11.7. The molecule has 2 aromatic rings. The lowest BCUT2D eigenvalue weighted by molar-refractivity contribution is 0.476. The van der Waals surface area contributed by atoms with E-state index < -0.39 is 15.9 Å². The van der Waals surface area contributed by atoms with Crippen LogP contribution in [0.5, 0.6) is 5.75 Å². The number of rotatable bonds is 3. The molecule has 102 valence electrons. The summed E-state index contributed by atoms with van der Waals surface area (Å²) >= 11 is 0. The minimum absolute atomic E-state index is 0.0771. The van der Waals surface area contributed by atoms with Crippen molar-refractivity contribution in [2.24, 2.45) is 0 Å². The van der Waals surface area contributed by atoms with E-state index >= 15 is 0 Å². The molecule has 1 heterocycles. The van der Waals surface area contributed by atoms with E-state index in [2.05, 4.69) is 0 Å². The molecule has 2 rings (SSSR count). The molecule has 0 bridgehead atoms. The molecule has 0 saturated heterocycles. The number of fused-ring (bicyclic) bond motifs is 1. The first kappa shape index (κ1) is 13.6. The monoisotopic (exact) mass is 283 g/mol. The second kappa shape index (κ2) is 4.67. The number of aryl methyl sites for hydroxylation is 1. The maximum Gasteiger partial charge on any atom is 0.382 e. The van der Waals surface area contributed by atoms with E-state index in [1.54, 1.807) is 19.9 Å². The minimum Gasteiger partial charge on any atom is -0.422 e. The summed E-state index contributed by atoms with van der Waals surface area (Å²) in [4.78, 5) is 11.6. The van der Waals surface area contributed by atoms with E-state index in [1.165, 1.54) is 19.2 Å². The lowest BCUT2D eigenvalue weighted by atomic mass is 10.1. The smallest absolute Gasteiger partial charge is 0.382 e. The molecule has 0 saturated carbocycles. The maximum absolute atomic E-state index is 11.6. The van der Waals surface area contributed by atoms with Crippen LogP contribution in [-0.2, 0) is 10.3 Å². The van der Waals surface area contributed by atoms with Crippen molar-refractivity contribution in [3.63, 3.8) is 0 Å². The summed E-state index contributed by atoms with van der Waals surface area (Å²) in [5.74, 6) is 0.0771. The molecule has 0 atom stereocenters. The van der Waals surface area contributed by atoms with E-state index in [1.807, 2.05) is 4.72 Å². The molecule has 0 fully saturated rings. The fourth-order valence-corrected chi connectivity index (χ4v) is 2.09. The zero-order valence-electron chi connectivity index (χ0n) is 10.7. The molecule has 0 amide bonds. The predicted molar refractivity (Wildman–Crippen MR) is 70.6 cm³/mol. The van der Waals surface area contributed by atoms with Gasteiger partial charge in [0.05, 0.1) is 0 Å². The Bertz CT molecular complexity index is 792. The summed E-state index contributed by atoms with van der Waals surface area (Å²) < 4.78 is 34.4. The van der Waals surface area contributed by atoms with Crippen LogP contribution in [0.4, 0.5) is 0 Å². The average Bonchev–Trinajstić information content (AvgIpc) is 2.35. The van der Waals surface area contributed by atoms with Gasteiger partial charge in [0.1, 0.15) is 11.3 Å². The van der Waals surface area contributed by atoms with Crippen LogP contribution in [0, 0.1) is 13.8 Å². The zero-order chi connectivity index (χ0) is 14.2. The van der Waals surface area contributed by atoms with Crippen molar-refractivity contribution in [3.05, 3.63) is 39.7 Å². The van der Waals surface area contributed by atoms with Crippen molar-refractivity contribution in [3.8, 4) is 5.75 Å². The van der Waals surface area contributed by atoms with Gasteiger partial charge in [0.15, 0.2) is 0 Å². The van der Waals surface area contributed by atoms with E-state index in [9.17, 15) is 13.2 Å². The molecular weight excluding hydrogens is 270 g/mol. The SMILES string of the molecule is CNS(=O)(=O)Oc1ccc2c(C)c(C)c(=O)oc2c1. The summed E-state index contributed by atoms with van der Waals surface area (Å²) in [6, 6.07) is 4.53. The third kappa shape index (κ3) is 2.61. The van der Waals surface area contributed by atoms with Crippen molar-refractivity contribution in [1.82, 2.24) is 4.72 Å². The van der Waals surface area contributed by atoms with Crippen LogP contribution >= 0.6 is 0 Å². The highest BCUT2D eigenvalue weighted by molar-refractivity contribution is 7.85. The first-order valence-electron chi connectivity index (χ1n) is 5.51. The predicted octanol–water partition coefficient (Wildman–Crippen LogP) is 1.25. The van der Waals surface area contributed by atoms with Crippen LogP contribution in [0.15, 0.2) is 27.4 Å². The number of hydrogen-bond acceptors (Lipinski definition) is 5. The van der Waals surface area contributed by atoms with Crippen LogP contribution in [0.25, 0.3) is 11.0 Å². The largest absolute Gasteiger partial charge is 0.422 e. The Morgan fingerprint density at radius 2 is 1.89 bits per heavy atom. The van der Waals surface area contributed by atoms with Gasteiger partial charge in [0.25, 0.3) is 0 Å². The molecule has 19 heavy (non-hydrogen) atoms. The Labute approximate surface area is 110 Å². The van der Waals surface area contributed by atoms with E-state index in [-0.39, 0.29) is 11.3 Å². The van der Waals surface area contributed by atoms with Gasteiger partial charge < -0.3 is 8.60 Å². The van der Waals surface area contributed by atoms with Crippen LogP contribution in [-0.4, -0.2) is 15.5 Å². The summed E-state index contributed by atoms with van der Waals surface area (Å²) in [6.45, 7) is 3.48. The fraction of sp³-hybridized carbons (Fsp3) is 0.250. The average molecular weight is 283 g/mol. The molecular formula is C12H13NO5S. The second-order valence-corrected chi connectivity index (χ2v) is 5.52. The van der Waals surface area contributed by atoms with Crippen LogP contribution in [0.3, 0.4) is 0 Å². The molecule has 0 unspecified atom stereocenters. The van der Waals surface area contributed by atoms with Gasteiger partial charge in [-0.05, 0) is 31.5 Å². The third-order valence-electron chi connectivity index (χ3n) is 2.88. The maximum atomic E-state index is 11.6. The Hall–Kier alpha value is -1.86. The highest BCUT2D eigenvalue weighted by Gasteiger charge is 2.12. The van der Waals surface area contributed by atoms with Crippen molar-refractivity contribution in [2.75, 3.05) is 7.05 Å². The fourth-order valence-electron chi connectivity index (χ4n) is 1.65. The summed E-state index contributed by atoms with van der Waals surface area (Å²) in [5.41, 5.74) is 1.17. The van der Waals surface area contributed by atoms with Gasteiger partial charge in [-0.3, -0.25) is 0 Å². The summed E-state index contributed by atoms with van der Waals surface area (Å²) in [6.07, 6.45) is 0. The van der Waals surface area contributed by atoms with Crippen LogP contribution in [0.2, 0.25) is 0 Å². The van der Waals surface area contributed by atoms with E-state index in [0.717, 1.165) is 10.9 Å². The third-order valence-corrected chi connectivity index (χ3v) is 3.80. The summed E-state index contributed by atoms with van der Waals surface area (Å²) in [7, 11) is -2.60. The van der Waals surface area contributed by atoms with Crippen molar-refractivity contribution in [1.29, 1.82) is 0 Å². The highest BCUT2D eigenvalue weighted by atomic mass is 32.2. The summed E-state index contributed by atoms with van der Waals surface area (Å²) in [5, 5.41) is 0.742. The Balaban J connectivity index is 2.59. The Morgan fingerprint density at radius 1 is 1.21 bits per heavy atom. The lowest BCUT2D eigenvalue weighted by Gasteiger charge is -2.07. The quantitative estimate of drug-likeness (QED) is 0.857. The van der Waals surface area contributed by atoms with Gasteiger partial charge in [-0.2, -0.15) is 13.1 Å². The van der Waals surface area contributed by atoms with Gasteiger partial charge in [-0.15, -0.1) is 0 Å². The van der Waals surface area contributed by atoms with Gasteiger partial charge in [-0.25, -0.2) is 4.79 Å². The van der Waals surface area contributed by atoms with Crippen molar-refractivity contribution in [2.45, 2.75) is 13.8 Å². The van der Waals surface area contributed by atoms with E-state index in [0.29, 0.717) is 5.56 Å². The van der Waals surface area contributed by atoms with Crippen LogP contribution < -0.4 is 14.5 Å². The number of benzene rings is 1. The topological polar surface area (TPSA) is 85.6 Å². The van der Waals surface area contributed by atoms with Gasteiger partial charge in [0.2, 0.25) is 0 Å². The molecule has 0 radical (unpaired) electrons. The van der Waals surface area contributed by atoms with Gasteiger partial charge in [-0.1, -0.05) is 0 Å². The molecule has 0 aliphatic carbocycles. The molecule has 1 aromatic heterocycles. The zero-order valence-corrected chi connectivity index (χ0v) is 11.5. The molecule has 0 aliphatic heterocycles. The first-order valence-corrected chi connectivity index (χ1v) is 6.92. The Morgan fingerprint density at radius 3 is 2.53 bits per heavy atom. The molecule has 1 aromatic carbocycles. The van der Waals surface area contributed by atoms with Crippen molar-refractivity contribution >= 4 is 21.3 Å². The minimum atomic E-state index is -3.84. The standard InChI is InChI=1S/C12H13NO5S/c1-7-8(2)12(14)17-11-6-9(4-5-10(7)11)18-19(15,16)13-3/h4-6,13H,1-3H3. The first-order chi connectivity index (χ1) is 8.84. The molecule has 0 aliphatic rings. The molecule has 1 N–H and O–H groups in total. The lowest BCUT2D eigenvalue weighted by Crippen LogP contribution is -2.24. The Kier molecular flexibility index (Phi) is 3.34. The second-order valence-electron chi connectivity index (χ2n) is 4.04. The highest BCUT2D eigenvalue weighted by Crippen LogP contribution is 2.24. The van der Waals surface area contributed by atoms with E-state index in [4.69, 9.17) is 8.60 Å². The molecule has 7 heteroatoms. The van der Waals surface area contributed by atoms with Gasteiger partial charge in [0, 0.05) is 24.1 Å².